The quantitative estimate of drug-likeness (QED) is 0.760. The number of nitrogens with one attached hydrogen (secondary N) is 2. The van der Waals surface area contributed by atoms with Gasteiger partial charge in [-0.2, -0.15) is 0 Å². The third-order valence-electron chi connectivity index (χ3n) is 3.59. The van der Waals surface area contributed by atoms with Crippen LogP contribution in [0, 0.1) is 0 Å². The van der Waals surface area contributed by atoms with Gasteiger partial charge in [0.05, 0.1) is 5.75 Å². The number of fused-ring (bicyclic) bond motifs is 2. The fourth-order valence-corrected chi connectivity index (χ4v) is 4.29. The number of sulfonamides is 1. The lowest BCUT2D eigenvalue weighted by atomic mass is 10.0. The van der Waals surface area contributed by atoms with Crippen LogP contribution >= 0.6 is 0 Å². The van der Waals surface area contributed by atoms with E-state index in [-0.39, 0.29) is 11.8 Å². The van der Waals surface area contributed by atoms with Crippen molar-refractivity contribution in [2.75, 3.05) is 5.75 Å². The third kappa shape index (κ3) is 3.18. The molecule has 2 fully saturated rings. The molecule has 2 atom stereocenters. The average Bonchev–Trinajstić information content (AvgIpc) is 2.55. The van der Waals surface area contributed by atoms with Crippen LogP contribution in [0.3, 0.4) is 0 Å². The lowest BCUT2D eigenvalue weighted by Crippen LogP contribution is -2.48. The van der Waals surface area contributed by atoms with Crippen LogP contribution in [0.5, 0.6) is 0 Å². The molecule has 5 heteroatoms. The lowest BCUT2D eigenvalue weighted by Gasteiger charge is -2.29. The summed E-state index contributed by atoms with van der Waals surface area (Å²) in [5, 5.41) is 3.51. The summed E-state index contributed by atoms with van der Waals surface area (Å²) in [7, 11) is -3.04. The minimum absolute atomic E-state index is 0.167. The average molecular weight is 246 g/mol. The Balaban J connectivity index is 1.85. The third-order valence-corrected chi connectivity index (χ3v) is 5.10. The Morgan fingerprint density at radius 2 is 1.88 bits per heavy atom. The lowest BCUT2D eigenvalue weighted by molar-refractivity contribution is 0.345. The van der Waals surface area contributed by atoms with Crippen LogP contribution in [0.4, 0.5) is 0 Å². The second kappa shape index (κ2) is 5.02. The van der Waals surface area contributed by atoms with E-state index in [9.17, 15) is 8.42 Å². The molecule has 0 aliphatic carbocycles. The number of hydrogen-bond donors (Lipinski definition) is 2. The highest BCUT2D eigenvalue weighted by atomic mass is 32.2. The monoisotopic (exact) mass is 246 g/mol. The molecule has 0 spiro atoms. The molecule has 2 bridgehead atoms. The largest absolute Gasteiger partial charge is 0.311 e. The highest BCUT2D eigenvalue weighted by Crippen LogP contribution is 2.27. The van der Waals surface area contributed by atoms with Gasteiger partial charge in [-0.05, 0) is 32.1 Å². The Bertz CT molecular complexity index is 317. The minimum Gasteiger partial charge on any atom is -0.311 e. The molecule has 2 saturated heterocycles. The van der Waals surface area contributed by atoms with Gasteiger partial charge in [0.25, 0.3) is 0 Å². The van der Waals surface area contributed by atoms with Gasteiger partial charge < -0.3 is 5.32 Å². The van der Waals surface area contributed by atoms with Gasteiger partial charge in [-0.1, -0.05) is 13.3 Å². The Hall–Kier alpha value is -0.130. The van der Waals surface area contributed by atoms with Crippen molar-refractivity contribution >= 4 is 10.0 Å². The van der Waals surface area contributed by atoms with Crippen LogP contribution in [0.15, 0.2) is 0 Å². The summed E-state index contributed by atoms with van der Waals surface area (Å²) in [4.78, 5) is 0. The molecule has 0 amide bonds. The first-order chi connectivity index (χ1) is 7.59. The molecule has 2 aliphatic rings. The molecular formula is C11H22N2O2S. The van der Waals surface area contributed by atoms with E-state index in [1.807, 2.05) is 6.92 Å². The summed E-state index contributed by atoms with van der Waals surface area (Å²) in [6, 6.07) is 1.25. The van der Waals surface area contributed by atoms with Crippen molar-refractivity contribution in [1.29, 1.82) is 0 Å². The van der Waals surface area contributed by atoms with E-state index in [2.05, 4.69) is 10.0 Å². The highest BCUT2D eigenvalue weighted by molar-refractivity contribution is 7.89. The smallest absolute Gasteiger partial charge is 0.211 e. The Labute approximate surface area is 98.2 Å². The summed E-state index contributed by atoms with van der Waals surface area (Å²) in [6.07, 6.45) is 6.02. The highest BCUT2D eigenvalue weighted by Gasteiger charge is 2.34. The van der Waals surface area contributed by atoms with Crippen LogP contribution in [-0.2, 0) is 10.0 Å². The predicted molar refractivity (Wildman–Crippen MR) is 64.8 cm³/mol. The van der Waals surface area contributed by atoms with Gasteiger partial charge in [-0.25, -0.2) is 13.1 Å². The van der Waals surface area contributed by atoms with Gasteiger partial charge in [0.15, 0.2) is 0 Å². The second-order valence-electron chi connectivity index (χ2n) is 5.10. The van der Waals surface area contributed by atoms with E-state index in [1.165, 1.54) is 12.8 Å². The van der Waals surface area contributed by atoms with Gasteiger partial charge in [0.1, 0.15) is 0 Å². The van der Waals surface area contributed by atoms with Gasteiger partial charge >= 0.3 is 0 Å². The maximum Gasteiger partial charge on any atom is 0.211 e. The zero-order valence-electron chi connectivity index (χ0n) is 9.91. The molecule has 2 heterocycles. The van der Waals surface area contributed by atoms with Crippen LogP contribution in [0.2, 0.25) is 0 Å². The molecule has 0 aromatic carbocycles. The van der Waals surface area contributed by atoms with Crippen molar-refractivity contribution in [3.05, 3.63) is 0 Å². The molecule has 0 radical (unpaired) electrons. The van der Waals surface area contributed by atoms with E-state index < -0.39 is 10.0 Å². The Kier molecular flexibility index (Phi) is 3.87. The van der Waals surface area contributed by atoms with Gasteiger partial charge in [-0.15, -0.1) is 0 Å². The topological polar surface area (TPSA) is 58.2 Å². The number of piperidine rings is 1. The molecule has 0 aromatic heterocycles. The van der Waals surface area contributed by atoms with Gasteiger partial charge in [-0.3, -0.25) is 0 Å². The first-order valence-corrected chi connectivity index (χ1v) is 8.00. The van der Waals surface area contributed by atoms with Crippen molar-refractivity contribution in [2.45, 2.75) is 63.6 Å². The second-order valence-corrected chi connectivity index (χ2v) is 6.97. The van der Waals surface area contributed by atoms with Crippen LogP contribution in [0.1, 0.15) is 45.4 Å². The number of hydrogen-bond acceptors (Lipinski definition) is 3. The normalized spacial score (nSPS) is 34.2. The van der Waals surface area contributed by atoms with Crippen molar-refractivity contribution < 1.29 is 8.42 Å². The molecule has 2 unspecified atom stereocenters. The zero-order valence-corrected chi connectivity index (χ0v) is 10.7. The fraction of sp³-hybridized carbons (Fsp3) is 1.00. The molecule has 2 aliphatic heterocycles. The van der Waals surface area contributed by atoms with Crippen molar-refractivity contribution in [1.82, 2.24) is 10.0 Å². The van der Waals surface area contributed by atoms with Crippen molar-refractivity contribution in [3.63, 3.8) is 0 Å². The van der Waals surface area contributed by atoms with E-state index in [0.717, 1.165) is 25.7 Å². The molecule has 0 saturated carbocycles. The number of rotatable bonds is 5. The molecular weight excluding hydrogens is 224 g/mol. The number of unbranched alkanes of at least 4 members (excludes halogenated alkanes) is 1. The summed E-state index contributed by atoms with van der Waals surface area (Å²) in [6.45, 7) is 2.01. The standard InChI is InChI=1S/C11H22N2O2S/c1-2-3-6-16(14,15)13-11-7-9-4-5-10(8-11)12-9/h9-13H,2-8H2,1H3. The molecule has 0 aromatic rings. The molecule has 2 N–H and O–H groups in total. The van der Waals surface area contributed by atoms with E-state index >= 15 is 0 Å². The molecule has 2 rings (SSSR count). The van der Waals surface area contributed by atoms with Crippen LogP contribution < -0.4 is 10.0 Å². The van der Waals surface area contributed by atoms with E-state index in [4.69, 9.17) is 0 Å². The Morgan fingerprint density at radius 3 is 2.44 bits per heavy atom. The van der Waals surface area contributed by atoms with Gasteiger partial charge in [0.2, 0.25) is 10.0 Å². The molecule has 16 heavy (non-hydrogen) atoms. The summed E-state index contributed by atoms with van der Waals surface area (Å²) in [5.41, 5.74) is 0. The summed E-state index contributed by atoms with van der Waals surface area (Å²) >= 11 is 0. The molecule has 4 nitrogen and oxygen atoms in total. The van der Waals surface area contributed by atoms with Crippen LogP contribution in [-0.4, -0.2) is 32.3 Å². The maximum atomic E-state index is 11.8. The Morgan fingerprint density at radius 1 is 1.25 bits per heavy atom. The van der Waals surface area contributed by atoms with Gasteiger partial charge in [0, 0.05) is 18.1 Å². The first kappa shape index (κ1) is 12.3. The fourth-order valence-electron chi connectivity index (χ4n) is 2.80. The van der Waals surface area contributed by atoms with Crippen molar-refractivity contribution in [3.8, 4) is 0 Å². The SMILES string of the molecule is CCCCS(=O)(=O)NC1CC2CCC(C1)N2. The minimum atomic E-state index is -3.04. The first-order valence-electron chi connectivity index (χ1n) is 6.35. The molecule has 94 valence electrons. The summed E-state index contributed by atoms with van der Waals surface area (Å²) < 4.78 is 26.4. The maximum absolute atomic E-state index is 11.8. The van der Waals surface area contributed by atoms with E-state index in [1.54, 1.807) is 0 Å². The summed E-state index contributed by atoms with van der Waals surface area (Å²) in [5.74, 6) is 0.281. The predicted octanol–water partition coefficient (Wildman–Crippen LogP) is 0.989. The van der Waals surface area contributed by atoms with Crippen molar-refractivity contribution in [2.24, 2.45) is 0 Å². The van der Waals surface area contributed by atoms with E-state index in [0.29, 0.717) is 12.1 Å². The van der Waals surface area contributed by atoms with Crippen LogP contribution in [0.25, 0.3) is 0 Å². The zero-order chi connectivity index (χ0) is 11.6.